The maximum Gasteiger partial charge on any atom is 0.264 e. The van der Waals surface area contributed by atoms with Gasteiger partial charge in [0, 0.05) is 17.1 Å². The van der Waals surface area contributed by atoms with Crippen molar-refractivity contribution < 1.29 is 0 Å². The highest BCUT2D eigenvalue weighted by Gasteiger charge is 2.09. The van der Waals surface area contributed by atoms with Gasteiger partial charge in [-0.05, 0) is 31.5 Å². The van der Waals surface area contributed by atoms with Crippen molar-refractivity contribution in [3.05, 3.63) is 56.8 Å². The molecule has 5 nitrogen and oxygen atoms in total. The third kappa shape index (κ3) is 3.05. The van der Waals surface area contributed by atoms with Crippen LogP contribution in [0.15, 0.2) is 40.5 Å². The third-order valence-corrected chi connectivity index (χ3v) is 4.05. The molecule has 108 valence electrons. The molecule has 3 aromatic rings. The van der Waals surface area contributed by atoms with Crippen molar-refractivity contribution in [2.45, 2.75) is 19.9 Å². The zero-order chi connectivity index (χ0) is 14.8. The first-order valence-corrected chi connectivity index (χ1v) is 7.56. The molecule has 1 atom stereocenters. The predicted octanol–water partition coefficient (Wildman–Crippen LogP) is 3.31. The second kappa shape index (κ2) is 5.57. The molecule has 0 radical (unpaired) electrons. The second-order valence-electron chi connectivity index (χ2n) is 4.91. The molecule has 3 N–H and O–H groups in total. The van der Waals surface area contributed by atoms with Gasteiger partial charge < -0.3 is 5.32 Å². The highest BCUT2D eigenvalue weighted by Crippen LogP contribution is 2.23. The first-order chi connectivity index (χ1) is 10.1. The number of benzene rings is 1. The normalized spacial score (nSPS) is 12.3. The SMILES string of the molecule is Cc1nc(C(C)Nc2ccc(-c3cc(=O)[nH][nH]3)cc2)cs1. The summed E-state index contributed by atoms with van der Waals surface area (Å²) in [5, 5.41) is 11.9. The van der Waals surface area contributed by atoms with Crippen LogP contribution >= 0.6 is 11.3 Å². The van der Waals surface area contributed by atoms with Gasteiger partial charge in [-0.1, -0.05) is 12.1 Å². The maximum atomic E-state index is 11.1. The number of aryl methyl sites for hydroxylation is 1. The Morgan fingerprint density at radius 1 is 1.24 bits per heavy atom. The van der Waals surface area contributed by atoms with E-state index in [1.54, 1.807) is 17.4 Å². The summed E-state index contributed by atoms with van der Waals surface area (Å²) in [4.78, 5) is 15.6. The van der Waals surface area contributed by atoms with E-state index in [1.165, 1.54) is 0 Å². The molecule has 1 unspecified atom stereocenters. The molecule has 0 aliphatic rings. The molecule has 0 aliphatic heterocycles. The van der Waals surface area contributed by atoms with Crippen LogP contribution in [0.3, 0.4) is 0 Å². The van der Waals surface area contributed by atoms with Gasteiger partial charge in [0.25, 0.3) is 5.56 Å². The summed E-state index contributed by atoms with van der Waals surface area (Å²) in [5.74, 6) is 0. The quantitative estimate of drug-likeness (QED) is 0.692. The van der Waals surface area contributed by atoms with Gasteiger partial charge in [-0.15, -0.1) is 11.3 Å². The fraction of sp³-hybridized carbons (Fsp3) is 0.200. The molecule has 3 rings (SSSR count). The van der Waals surface area contributed by atoms with Crippen LogP contribution in [0, 0.1) is 6.92 Å². The van der Waals surface area contributed by atoms with Gasteiger partial charge in [0.15, 0.2) is 0 Å². The number of hydrogen-bond acceptors (Lipinski definition) is 4. The van der Waals surface area contributed by atoms with Gasteiger partial charge in [0.05, 0.1) is 22.4 Å². The summed E-state index contributed by atoms with van der Waals surface area (Å²) in [7, 11) is 0. The van der Waals surface area contributed by atoms with Crippen LogP contribution in [0.5, 0.6) is 0 Å². The molecule has 0 aliphatic carbocycles. The first-order valence-electron chi connectivity index (χ1n) is 6.68. The molecule has 2 heterocycles. The average molecular weight is 300 g/mol. The molecule has 0 spiro atoms. The van der Waals surface area contributed by atoms with Gasteiger partial charge in [-0.2, -0.15) is 0 Å². The summed E-state index contributed by atoms with van der Waals surface area (Å²) < 4.78 is 0. The Kier molecular flexibility index (Phi) is 3.62. The zero-order valence-electron chi connectivity index (χ0n) is 11.8. The number of nitrogens with zero attached hydrogens (tertiary/aromatic N) is 1. The molecule has 0 amide bonds. The first kappa shape index (κ1) is 13.6. The smallest absolute Gasteiger partial charge is 0.264 e. The van der Waals surface area contributed by atoms with Gasteiger partial charge in [-0.25, -0.2) is 4.98 Å². The van der Waals surface area contributed by atoms with E-state index in [4.69, 9.17) is 0 Å². The van der Waals surface area contributed by atoms with Crippen LogP contribution in [-0.4, -0.2) is 15.2 Å². The second-order valence-corrected chi connectivity index (χ2v) is 5.97. The lowest BCUT2D eigenvalue weighted by Crippen LogP contribution is -2.06. The molecule has 6 heteroatoms. The Labute approximate surface area is 126 Å². The van der Waals surface area contributed by atoms with Crippen molar-refractivity contribution in [3.63, 3.8) is 0 Å². The lowest BCUT2D eigenvalue weighted by atomic mass is 10.1. The van der Waals surface area contributed by atoms with E-state index in [1.807, 2.05) is 31.2 Å². The molecule has 2 aromatic heterocycles. The Hall–Kier alpha value is -2.34. The van der Waals surface area contributed by atoms with E-state index in [0.29, 0.717) is 0 Å². The summed E-state index contributed by atoms with van der Waals surface area (Å²) >= 11 is 1.66. The fourth-order valence-electron chi connectivity index (χ4n) is 2.14. The van der Waals surface area contributed by atoms with Gasteiger partial charge in [-0.3, -0.25) is 15.0 Å². The highest BCUT2D eigenvalue weighted by atomic mass is 32.1. The van der Waals surface area contributed by atoms with Crippen LogP contribution in [0.1, 0.15) is 23.7 Å². The van der Waals surface area contributed by atoms with E-state index in [0.717, 1.165) is 27.6 Å². The van der Waals surface area contributed by atoms with Crippen molar-refractivity contribution in [2.75, 3.05) is 5.32 Å². The number of aromatic amines is 2. The third-order valence-electron chi connectivity index (χ3n) is 3.26. The Morgan fingerprint density at radius 2 is 2.00 bits per heavy atom. The van der Waals surface area contributed by atoms with E-state index in [-0.39, 0.29) is 11.6 Å². The van der Waals surface area contributed by atoms with Crippen molar-refractivity contribution in [3.8, 4) is 11.3 Å². The number of hydrogen-bond donors (Lipinski definition) is 3. The van der Waals surface area contributed by atoms with Crippen molar-refractivity contribution >= 4 is 17.0 Å². The van der Waals surface area contributed by atoms with Gasteiger partial charge >= 0.3 is 0 Å². The zero-order valence-corrected chi connectivity index (χ0v) is 12.6. The molecule has 1 aromatic carbocycles. The van der Waals surface area contributed by atoms with Gasteiger partial charge in [0.1, 0.15) is 0 Å². The molecule has 0 saturated carbocycles. The van der Waals surface area contributed by atoms with Crippen molar-refractivity contribution in [1.82, 2.24) is 15.2 Å². The highest BCUT2D eigenvalue weighted by molar-refractivity contribution is 7.09. The monoisotopic (exact) mass is 300 g/mol. The summed E-state index contributed by atoms with van der Waals surface area (Å²) in [6.07, 6.45) is 0. The number of thiazole rings is 1. The lowest BCUT2D eigenvalue weighted by Gasteiger charge is -2.13. The topological polar surface area (TPSA) is 73.6 Å². The number of H-pyrrole nitrogens is 2. The van der Waals surface area contributed by atoms with Gasteiger partial charge in [0.2, 0.25) is 0 Å². The summed E-state index contributed by atoms with van der Waals surface area (Å²) in [6.45, 7) is 4.10. The number of anilines is 1. The largest absolute Gasteiger partial charge is 0.377 e. The fourth-order valence-corrected chi connectivity index (χ4v) is 2.84. The minimum absolute atomic E-state index is 0.125. The van der Waals surface area contributed by atoms with E-state index in [2.05, 4.69) is 32.8 Å². The van der Waals surface area contributed by atoms with Crippen LogP contribution < -0.4 is 10.9 Å². The van der Waals surface area contributed by atoms with Crippen molar-refractivity contribution in [2.24, 2.45) is 0 Å². The van der Waals surface area contributed by atoms with E-state index in [9.17, 15) is 4.79 Å². The van der Waals surface area contributed by atoms with Crippen LogP contribution in [0.4, 0.5) is 5.69 Å². The summed E-state index contributed by atoms with van der Waals surface area (Å²) in [5.41, 5.74) is 3.71. The molecular weight excluding hydrogens is 284 g/mol. The molecule has 21 heavy (non-hydrogen) atoms. The standard InChI is InChI=1S/C15H16N4OS/c1-9(14-8-21-10(2)17-14)16-12-5-3-11(4-6-12)13-7-15(20)19-18-13/h3-9,16H,1-2H3,(H2,18,19,20). The van der Waals surface area contributed by atoms with Crippen LogP contribution in [0.25, 0.3) is 11.3 Å². The maximum absolute atomic E-state index is 11.1. The Morgan fingerprint density at radius 3 is 2.57 bits per heavy atom. The predicted molar refractivity (Wildman–Crippen MR) is 85.7 cm³/mol. The Balaban J connectivity index is 1.74. The molecule has 0 bridgehead atoms. The minimum Gasteiger partial charge on any atom is -0.377 e. The van der Waals surface area contributed by atoms with E-state index < -0.39 is 0 Å². The molecular formula is C15H16N4OS. The molecule has 0 saturated heterocycles. The van der Waals surface area contributed by atoms with Crippen LogP contribution in [-0.2, 0) is 0 Å². The number of nitrogens with one attached hydrogen (secondary N) is 3. The summed E-state index contributed by atoms with van der Waals surface area (Å²) in [6, 6.07) is 9.64. The van der Waals surface area contributed by atoms with Crippen molar-refractivity contribution in [1.29, 1.82) is 0 Å². The number of aromatic nitrogens is 3. The van der Waals surface area contributed by atoms with E-state index >= 15 is 0 Å². The lowest BCUT2D eigenvalue weighted by molar-refractivity contribution is 0.845. The Bertz CT molecular complexity index is 784. The van der Waals surface area contributed by atoms with Crippen LogP contribution in [0.2, 0.25) is 0 Å². The molecule has 0 fully saturated rings. The minimum atomic E-state index is -0.125. The number of rotatable bonds is 4. The average Bonchev–Trinajstić information content (AvgIpc) is 3.08.